The highest BCUT2D eigenvalue weighted by Crippen LogP contribution is 2.22. The summed E-state index contributed by atoms with van der Waals surface area (Å²) in [5.41, 5.74) is 2.75. The average Bonchev–Trinajstić information content (AvgIpc) is 2.91. The molecule has 0 saturated heterocycles. The Hall–Kier alpha value is -1.93. The topological polar surface area (TPSA) is 82.5 Å². The lowest BCUT2D eigenvalue weighted by Gasteiger charge is -2.18. The third-order valence-electron chi connectivity index (χ3n) is 2.68. The smallest absolute Gasteiger partial charge is 0.337 e. The number of hydrogen-bond acceptors (Lipinski definition) is 4. The highest BCUT2D eigenvalue weighted by molar-refractivity contribution is 9.10. The van der Waals surface area contributed by atoms with E-state index in [0.29, 0.717) is 11.0 Å². The number of amides is 2. The molecule has 2 aromatic rings. The van der Waals surface area contributed by atoms with Gasteiger partial charge in [0, 0.05) is 16.9 Å². The summed E-state index contributed by atoms with van der Waals surface area (Å²) in [5.74, 6) is -1.10. The quantitative estimate of drug-likeness (QED) is 0.866. The van der Waals surface area contributed by atoms with Gasteiger partial charge in [0.15, 0.2) is 0 Å². The highest BCUT2D eigenvalue weighted by atomic mass is 79.9. The van der Waals surface area contributed by atoms with Gasteiger partial charge in [0.25, 0.3) is 0 Å². The Bertz CT molecular complexity index is 661. The molecule has 1 heterocycles. The molecule has 0 aliphatic carbocycles. The maximum Gasteiger partial charge on any atom is 0.337 e. The summed E-state index contributed by atoms with van der Waals surface area (Å²) in [6.45, 7) is 0.353. The number of aromatic nitrogens is 1. The number of anilines is 1. The van der Waals surface area contributed by atoms with E-state index in [2.05, 4.69) is 26.2 Å². The number of halogens is 1. The number of carbonyl (C=O) groups excluding carboxylic acids is 1. The molecule has 8 heteroatoms. The second-order valence-electron chi connectivity index (χ2n) is 4.26. The first kappa shape index (κ1) is 15.5. The Balaban J connectivity index is 2.11. The lowest BCUT2D eigenvalue weighted by atomic mass is 10.2. The maximum absolute atomic E-state index is 12.1. The minimum absolute atomic E-state index is 0.0357. The Kier molecular flexibility index (Phi) is 4.92. The molecular formula is C13H12BrN3O3S. The van der Waals surface area contributed by atoms with Crippen LogP contribution in [0.2, 0.25) is 0 Å². The molecule has 0 aliphatic heterocycles. The van der Waals surface area contributed by atoms with E-state index < -0.39 is 12.0 Å². The Morgan fingerprint density at radius 3 is 2.86 bits per heavy atom. The molecule has 6 nitrogen and oxygen atoms in total. The van der Waals surface area contributed by atoms with E-state index in [9.17, 15) is 9.59 Å². The van der Waals surface area contributed by atoms with Crippen LogP contribution < -0.4 is 5.32 Å². The van der Waals surface area contributed by atoms with Gasteiger partial charge >= 0.3 is 12.0 Å². The molecule has 0 radical (unpaired) electrons. The van der Waals surface area contributed by atoms with Gasteiger partial charge in [0.2, 0.25) is 0 Å². The summed E-state index contributed by atoms with van der Waals surface area (Å²) in [4.78, 5) is 28.8. The molecule has 2 rings (SSSR count). The van der Waals surface area contributed by atoms with E-state index in [-0.39, 0.29) is 11.3 Å². The van der Waals surface area contributed by atoms with Crippen molar-refractivity contribution in [1.82, 2.24) is 9.88 Å². The molecule has 1 aromatic carbocycles. The standard InChI is InChI=1S/C13H12BrN3O3S/c1-17(5-9-6-21-7-15-9)13(20)16-11-4-8(14)2-3-10(11)12(18)19/h2-4,6-7H,5H2,1H3,(H,16,20)(H,18,19). The predicted molar refractivity (Wildman–Crippen MR) is 83.7 cm³/mol. The summed E-state index contributed by atoms with van der Waals surface area (Å²) in [6.07, 6.45) is 0. The van der Waals surface area contributed by atoms with Crippen molar-refractivity contribution in [2.45, 2.75) is 6.54 Å². The number of carbonyl (C=O) groups is 2. The van der Waals surface area contributed by atoms with Gasteiger partial charge in [-0.2, -0.15) is 0 Å². The number of aromatic carboxylic acids is 1. The van der Waals surface area contributed by atoms with Crippen molar-refractivity contribution >= 4 is 45.0 Å². The van der Waals surface area contributed by atoms with Crippen molar-refractivity contribution in [2.75, 3.05) is 12.4 Å². The highest BCUT2D eigenvalue weighted by Gasteiger charge is 2.15. The molecule has 0 fully saturated rings. The third kappa shape index (κ3) is 4.02. The van der Waals surface area contributed by atoms with Crippen LogP contribution in [0.4, 0.5) is 10.5 Å². The Morgan fingerprint density at radius 2 is 2.24 bits per heavy atom. The molecule has 0 spiro atoms. The van der Waals surface area contributed by atoms with Crippen LogP contribution in [0, 0.1) is 0 Å². The van der Waals surface area contributed by atoms with Crippen LogP contribution in [0.15, 0.2) is 33.6 Å². The summed E-state index contributed by atoms with van der Waals surface area (Å²) >= 11 is 4.71. The van der Waals surface area contributed by atoms with E-state index in [1.807, 2.05) is 5.38 Å². The lowest BCUT2D eigenvalue weighted by molar-refractivity contribution is 0.0698. The van der Waals surface area contributed by atoms with E-state index >= 15 is 0 Å². The molecule has 0 bridgehead atoms. The molecule has 21 heavy (non-hydrogen) atoms. The molecule has 110 valence electrons. The van der Waals surface area contributed by atoms with Crippen LogP contribution in [0.5, 0.6) is 0 Å². The fraction of sp³-hybridized carbons (Fsp3) is 0.154. The predicted octanol–water partition coefficient (Wildman–Crippen LogP) is 3.27. The number of carboxylic acid groups (broad SMARTS) is 1. The number of nitrogens with one attached hydrogen (secondary N) is 1. The van der Waals surface area contributed by atoms with Gasteiger partial charge in [-0.3, -0.25) is 0 Å². The number of hydrogen-bond donors (Lipinski definition) is 2. The van der Waals surface area contributed by atoms with Crippen molar-refractivity contribution in [1.29, 1.82) is 0 Å². The van der Waals surface area contributed by atoms with Crippen molar-refractivity contribution in [2.24, 2.45) is 0 Å². The van der Waals surface area contributed by atoms with Crippen molar-refractivity contribution in [3.63, 3.8) is 0 Å². The molecule has 1 aromatic heterocycles. The van der Waals surface area contributed by atoms with Crippen molar-refractivity contribution < 1.29 is 14.7 Å². The largest absolute Gasteiger partial charge is 0.478 e. The molecule has 0 saturated carbocycles. The molecular weight excluding hydrogens is 358 g/mol. The van der Waals surface area contributed by atoms with E-state index in [4.69, 9.17) is 5.11 Å². The summed E-state index contributed by atoms with van der Waals surface area (Å²) in [6, 6.07) is 4.20. The summed E-state index contributed by atoms with van der Waals surface area (Å²) in [5, 5.41) is 13.6. The third-order valence-corrected chi connectivity index (χ3v) is 3.81. The fourth-order valence-corrected chi connectivity index (χ4v) is 2.56. The normalized spacial score (nSPS) is 10.2. The minimum Gasteiger partial charge on any atom is -0.478 e. The van der Waals surface area contributed by atoms with Gasteiger partial charge in [-0.25, -0.2) is 14.6 Å². The van der Waals surface area contributed by atoms with Gasteiger partial charge < -0.3 is 15.3 Å². The minimum atomic E-state index is -1.10. The zero-order valence-electron chi connectivity index (χ0n) is 11.0. The monoisotopic (exact) mass is 369 g/mol. The number of benzene rings is 1. The molecule has 0 aliphatic rings. The van der Waals surface area contributed by atoms with E-state index in [1.165, 1.54) is 22.3 Å². The van der Waals surface area contributed by atoms with Crippen molar-refractivity contribution in [3.8, 4) is 0 Å². The van der Waals surface area contributed by atoms with Gasteiger partial charge in [-0.05, 0) is 18.2 Å². The van der Waals surface area contributed by atoms with Gasteiger partial charge in [0.1, 0.15) is 0 Å². The average molecular weight is 370 g/mol. The van der Waals surface area contributed by atoms with E-state index in [0.717, 1.165) is 5.69 Å². The zero-order chi connectivity index (χ0) is 15.4. The Morgan fingerprint density at radius 1 is 1.48 bits per heavy atom. The number of urea groups is 1. The Labute approximate surface area is 133 Å². The van der Waals surface area contributed by atoms with E-state index in [1.54, 1.807) is 24.7 Å². The lowest BCUT2D eigenvalue weighted by Crippen LogP contribution is -2.31. The first-order valence-corrected chi connectivity index (χ1v) is 7.63. The van der Waals surface area contributed by atoms with Crippen LogP contribution in [0.1, 0.15) is 16.1 Å². The summed E-state index contributed by atoms with van der Waals surface area (Å²) < 4.78 is 0.685. The molecule has 0 unspecified atom stereocenters. The van der Waals surface area contributed by atoms with Gasteiger partial charge in [-0.15, -0.1) is 11.3 Å². The second-order valence-corrected chi connectivity index (χ2v) is 5.90. The first-order valence-electron chi connectivity index (χ1n) is 5.89. The molecule has 2 amide bonds. The SMILES string of the molecule is CN(Cc1cscn1)C(=O)Nc1cc(Br)ccc1C(=O)O. The van der Waals surface area contributed by atoms with Crippen LogP contribution in [-0.4, -0.2) is 34.0 Å². The van der Waals surface area contributed by atoms with Crippen LogP contribution in [0.25, 0.3) is 0 Å². The number of carboxylic acids is 1. The van der Waals surface area contributed by atoms with Gasteiger partial charge in [-0.1, -0.05) is 15.9 Å². The summed E-state index contributed by atoms with van der Waals surface area (Å²) in [7, 11) is 1.62. The molecule has 0 atom stereocenters. The van der Waals surface area contributed by atoms with Crippen LogP contribution in [0.3, 0.4) is 0 Å². The fourth-order valence-electron chi connectivity index (χ4n) is 1.65. The number of nitrogens with zero attached hydrogens (tertiary/aromatic N) is 2. The van der Waals surface area contributed by atoms with Crippen LogP contribution >= 0.6 is 27.3 Å². The first-order chi connectivity index (χ1) is 9.97. The number of rotatable bonds is 4. The zero-order valence-corrected chi connectivity index (χ0v) is 13.4. The van der Waals surface area contributed by atoms with Gasteiger partial charge in [0.05, 0.1) is 29.0 Å². The van der Waals surface area contributed by atoms with Crippen molar-refractivity contribution in [3.05, 3.63) is 44.8 Å². The number of thiazole rings is 1. The maximum atomic E-state index is 12.1. The second kappa shape index (κ2) is 6.68. The molecule has 2 N–H and O–H groups in total. The van der Waals surface area contributed by atoms with Crippen LogP contribution in [-0.2, 0) is 6.54 Å².